The van der Waals surface area contributed by atoms with Crippen molar-refractivity contribution < 1.29 is 4.42 Å². The zero-order valence-electron chi connectivity index (χ0n) is 32.7. The first-order valence-corrected chi connectivity index (χ1v) is 20.8. The van der Waals surface area contributed by atoms with E-state index in [-0.39, 0.29) is 0 Å². The van der Waals surface area contributed by atoms with Gasteiger partial charge in [0.1, 0.15) is 11.2 Å². The Bertz CT molecular complexity index is 4170. The second kappa shape index (κ2) is 12.1. The third-order valence-corrected chi connectivity index (χ3v) is 12.9. The molecule has 0 aliphatic carbocycles. The van der Waals surface area contributed by atoms with Gasteiger partial charge in [0.2, 0.25) is 5.95 Å². The van der Waals surface area contributed by atoms with Gasteiger partial charge in [0.15, 0.2) is 0 Å². The third-order valence-electron chi connectivity index (χ3n) is 12.9. The van der Waals surface area contributed by atoms with Gasteiger partial charge in [-0.3, -0.25) is 4.57 Å². The molecule has 0 aliphatic heterocycles. The van der Waals surface area contributed by atoms with E-state index in [1.807, 2.05) is 12.1 Å². The molecule has 4 aromatic heterocycles. The Balaban J connectivity index is 1.23. The lowest BCUT2D eigenvalue weighted by Gasteiger charge is -2.17. The fourth-order valence-electron chi connectivity index (χ4n) is 10.4. The van der Waals surface area contributed by atoms with Crippen molar-refractivity contribution in [1.29, 1.82) is 0 Å². The minimum Gasteiger partial charge on any atom is -0.456 e. The van der Waals surface area contributed by atoms with Crippen LogP contribution in [0.25, 0.3) is 132 Å². The van der Waals surface area contributed by atoms with E-state index in [1.54, 1.807) is 0 Å². The topological polar surface area (TPSA) is 48.8 Å². The number of rotatable bonds is 3. The van der Waals surface area contributed by atoms with Crippen molar-refractivity contribution in [3.63, 3.8) is 0 Å². The van der Waals surface area contributed by atoms with E-state index in [9.17, 15) is 0 Å². The Morgan fingerprint density at radius 3 is 1.54 bits per heavy atom. The molecule has 0 aliphatic rings. The summed E-state index contributed by atoms with van der Waals surface area (Å²) < 4.78 is 11.2. The highest BCUT2D eigenvalue weighted by Crippen LogP contribution is 2.51. The van der Waals surface area contributed by atoms with E-state index in [2.05, 4.69) is 191 Å². The van der Waals surface area contributed by atoms with Gasteiger partial charge >= 0.3 is 0 Å². The number of furan rings is 1. The summed E-state index contributed by atoms with van der Waals surface area (Å²) in [5.41, 5.74) is 9.87. The molecule has 5 heteroatoms. The average molecular weight is 777 g/mol. The first-order chi connectivity index (χ1) is 30.3. The highest BCUT2D eigenvalue weighted by molar-refractivity contribution is 6.45. The first kappa shape index (κ1) is 32.7. The number of aromatic nitrogens is 4. The second-order valence-corrected chi connectivity index (χ2v) is 16.0. The van der Waals surface area contributed by atoms with Crippen molar-refractivity contribution in [2.75, 3.05) is 0 Å². The summed E-state index contributed by atoms with van der Waals surface area (Å²) >= 11 is 0. The molecule has 14 aromatic rings. The van der Waals surface area contributed by atoms with Crippen molar-refractivity contribution in [3.8, 4) is 22.9 Å². The smallest absolute Gasteiger partial charge is 0.235 e. The van der Waals surface area contributed by atoms with E-state index in [0.717, 1.165) is 77.2 Å². The highest BCUT2D eigenvalue weighted by Gasteiger charge is 2.28. The molecule has 282 valence electrons. The molecule has 10 aromatic carbocycles. The largest absolute Gasteiger partial charge is 0.456 e. The van der Waals surface area contributed by atoms with Gasteiger partial charge in [-0.15, -0.1) is 0 Å². The maximum absolute atomic E-state index is 6.43. The molecule has 0 amide bonds. The van der Waals surface area contributed by atoms with Crippen LogP contribution in [0.1, 0.15) is 0 Å². The van der Waals surface area contributed by atoms with Crippen molar-refractivity contribution >= 4 is 109 Å². The number of benzene rings is 10. The molecule has 0 atom stereocenters. The Morgan fingerprint density at radius 1 is 0.344 bits per heavy atom. The molecule has 0 radical (unpaired) electrons. The standard InChI is InChI=1S/C56H32N4O/c1-2-16-34(17-3-1)59-45-27-13-9-24-42(45)51-49-39-21-6-4-18-35(39)36-19-5-7-22-40(36)50(49)52-43-25-10-14-28-46(43)60(55(52)54(51)59)56-57-44-26-12-8-23-41(44)53(58-56)33-30-31-38-37-20-11-15-29-47(37)61-48(38)32-33/h1-32H. The molecular formula is C56H32N4O. The average Bonchev–Trinajstić information content (AvgIpc) is 3.99. The molecule has 0 N–H and O–H groups in total. The normalized spacial score (nSPS) is 12.3. The molecule has 14 rings (SSSR count). The van der Waals surface area contributed by atoms with Crippen LogP contribution >= 0.6 is 0 Å². The predicted octanol–water partition coefficient (Wildman–Crippen LogP) is 14.8. The number of hydrogen-bond acceptors (Lipinski definition) is 3. The number of para-hydroxylation sites is 5. The van der Waals surface area contributed by atoms with Crippen LogP contribution < -0.4 is 0 Å². The summed E-state index contributed by atoms with van der Waals surface area (Å²) in [4.78, 5) is 11.1. The summed E-state index contributed by atoms with van der Waals surface area (Å²) in [5.74, 6) is 0.611. The van der Waals surface area contributed by atoms with Gasteiger partial charge in [0.05, 0.1) is 33.3 Å². The van der Waals surface area contributed by atoms with Crippen LogP contribution in [0.5, 0.6) is 0 Å². The van der Waals surface area contributed by atoms with Crippen LogP contribution in [0.15, 0.2) is 199 Å². The Hall–Kier alpha value is -8.28. The van der Waals surface area contributed by atoms with Gasteiger partial charge in [0.25, 0.3) is 0 Å². The lowest BCUT2D eigenvalue weighted by molar-refractivity contribution is 0.669. The minimum atomic E-state index is 0.611. The van der Waals surface area contributed by atoms with Gasteiger partial charge in [-0.1, -0.05) is 146 Å². The van der Waals surface area contributed by atoms with Gasteiger partial charge in [-0.25, -0.2) is 9.97 Å². The molecule has 4 heterocycles. The number of hydrogen-bond donors (Lipinski definition) is 0. The summed E-state index contributed by atoms with van der Waals surface area (Å²) in [6.45, 7) is 0. The van der Waals surface area contributed by atoms with Crippen LogP contribution in [0.3, 0.4) is 0 Å². The van der Waals surface area contributed by atoms with Crippen LogP contribution in [-0.4, -0.2) is 19.1 Å². The van der Waals surface area contributed by atoms with E-state index in [0.29, 0.717) is 5.95 Å². The summed E-state index contributed by atoms with van der Waals surface area (Å²) in [6, 6.07) is 69.3. The maximum Gasteiger partial charge on any atom is 0.235 e. The van der Waals surface area contributed by atoms with Crippen molar-refractivity contribution in [2.45, 2.75) is 0 Å². The van der Waals surface area contributed by atoms with Gasteiger partial charge in [-0.2, -0.15) is 0 Å². The lowest BCUT2D eigenvalue weighted by Crippen LogP contribution is -2.05. The van der Waals surface area contributed by atoms with E-state index in [1.165, 1.54) is 48.5 Å². The van der Waals surface area contributed by atoms with Crippen LogP contribution in [-0.2, 0) is 0 Å². The Kier molecular flexibility index (Phi) is 6.49. The molecule has 0 saturated carbocycles. The van der Waals surface area contributed by atoms with Gasteiger partial charge < -0.3 is 8.98 Å². The Morgan fingerprint density at radius 2 is 0.852 bits per heavy atom. The number of nitrogens with zero attached hydrogens (tertiary/aromatic N) is 4. The molecule has 0 saturated heterocycles. The molecule has 0 spiro atoms. The van der Waals surface area contributed by atoms with Crippen LogP contribution in [0, 0.1) is 0 Å². The monoisotopic (exact) mass is 776 g/mol. The van der Waals surface area contributed by atoms with Gasteiger partial charge in [-0.05, 0) is 70.1 Å². The maximum atomic E-state index is 6.43. The molecule has 0 unspecified atom stereocenters. The van der Waals surface area contributed by atoms with Crippen molar-refractivity contribution in [2.24, 2.45) is 0 Å². The van der Waals surface area contributed by atoms with E-state index in [4.69, 9.17) is 14.4 Å². The molecule has 0 bridgehead atoms. The molecule has 61 heavy (non-hydrogen) atoms. The van der Waals surface area contributed by atoms with E-state index < -0.39 is 0 Å². The molecule has 5 nitrogen and oxygen atoms in total. The molecule has 0 fully saturated rings. The van der Waals surface area contributed by atoms with Crippen molar-refractivity contribution in [1.82, 2.24) is 19.1 Å². The fourth-order valence-corrected chi connectivity index (χ4v) is 10.4. The highest BCUT2D eigenvalue weighted by atomic mass is 16.3. The zero-order valence-corrected chi connectivity index (χ0v) is 32.7. The summed E-state index contributed by atoms with van der Waals surface area (Å²) in [6.07, 6.45) is 0. The Labute approximate surface area is 347 Å². The van der Waals surface area contributed by atoms with E-state index >= 15 is 0 Å². The third kappa shape index (κ3) is 4.39. The lowest BCUT2D eigenvalue weighted by atomic mass is 9.89. The molecular weight excluding hydrogens is 745 g/mol. The minimum absolute atomic E-state index is 0.611. The predicted molar refractivity (Wildman–Crippen MR) is 253 cm³/mol. The van der Waals surface area contributed by atoms with Crippen LogP contribution in [0.2, 0.25) is 0 Å². The first-order valence-electron chi connectivity index (χ1n) is 20.8. The second-order valence-electron chi connectivity index (χ2n) is 16.0. The summed E-state index contributed by atoms with van der Waals surface area (Å²) in [5, 5.41) is 15.3. The quantitative estimate of drug-likeness (QED) is 0.168. The SMILES string of the molecule is c1ccc(-n2c3ccccc3c3c4c5ccccc5c5ccccc5c4c4c5ccccc5n(-c5nc(-c6ccc7c(c6)oc6ccccc67)c6ccccc6n5)c4c32)cc1. The zero-order chi connectivity index (χ0) is 39.8. The van der Waals surface area contributed by atoms with Gasteiger partial charge in [0, 0.05) is 59.7 Å². The van der Waals surface area contributed by atoms with Crippen LogP contribution in [0.4, 0.5) is 0 Å². The van der Waals surface area contributed by atoms with Crippen molar-refractivity contribution in [3.05, 3.63) is 194 Å². The fraction of sp³-hybridized carbons (Fsp3) is 0. The number of fused-ring (bicyclic) bond motifs is 19. The summed E-state index contributed by atoms with van der Waals surface area (Å²) in [7, 11) is 0.